The van der Waals surface area contributed by atoms with E-state index < -0.39 is 17.1 Å². The van der Waals surface area contributed by atoms with Gasteiger partial charge in [-0.1, -0.05) is 18.2 Å². The monoisotopic (exact) mass is 468 g/mol. The first-order valence-corrected chi connectivity index (χ1v) is 11.2. The summed E-state index contributed by atoms with van der Waals surface area (Å²) in [6, 6.07) is 10.4. The molecule has 1 unspecified atom stereocenters. The highest BCUT2D eigenvalue weighted by molar-refractivity contribution is 8.04. The van der Waals surface area contributed by atoms with E-state index in [4.69, 9.17) is 9.47 Å². The lowest BCUT2D eigenvalue weighted by Crippen LogP contribution is -2.56. The number of imide groups is 1. The van der Waals surface area contributed by atoms with Gasteiger partial charge in [0.25, 0.3) is 5.91 Å². The number of allylic oxidation sites excluding steroid dienone is 1. The Kier molecular flexibility index (Phi) is 5.59. The number of nitrogens with one attached hydrogen (secondary N) is 1. The molecular weight excluding hydrogens is 449 g/mol. The SMILES string of the molecule is O=C(C[N+]1=C2C=CSC2C(=O)N(Cc2ccc(F)cc2)C1=O)NCc1ccc2c(c1)OCO2. The minimum Gasteiger partial charge on any atom is -0.454 e. The van der Waals surface area contributed by atoms with Gasteiger partial charge in [-0.15, -0.1) is 11.8 Å². The molecule has 3 aliphatic rings. The van der Waals surface area contributed by atoms with E-state index in [0.29, 0.717) is 22.8 Å². The molecule has 0 aliphatic carbocycles. The molecule has 1 N–H and O–H groups in total. The third kappa shape index (κ3) is 4.21. The fourth-order valence-corrected chi connectivity index (χ4v) is 4.74. The summed E-state index contributed by atoms with van der Waals surface area (Å²) in [5.41, 5.74) is 1.93. The van der Waals surface area contributed by atoms with Crippen LogP contribution in [0.4, 0.5) is 9.18 Å². The van der Waals surface area contributed by atoms with Crippen LogP contribution in [0.25, 0.3) is 0 Å². The summed E-state index contributed by atoms with van der Waals surface area (Å²) in [5.74, 6) is 0.152. The largest absolute Gasteiger partial charge is 0.501 e. The second kappa shape index (κ2) is 8.70. The highest BCUT2D eigenvalue weighted by atomic mass is 32.2. The van der Waals surface area contributed by atoms with Crippen LogP contribution < -0.4 is 14.8 Å². The number of halogens is 1. The number of fused-ring (bicyclic) bond motifs is 2. The number of carbonyl (C=O) groups excluding carboxylic acids is 3. The Balaban J connectivity index is 1.30. The lowest BCUT2D eigenvalue weighted by atomic mass is 10.1. The Bertz CT molecular complexity index is 1210. The number of nitrogens with zero attached hydrogens (tertiary/aromatic N) is 2. The first-order chi connectivity index (χ1) is 16.0. The van der Waals surface area contributed by atoms with Gasteiger partial charge in [-0.05, 0) is 46.9 Å². The van der Waals surface area contributed by atoms with Gasteiger partial charge < -0.3 is 14.8 Å². The molecule has 3 heterocycles. The van der Waals surface area contributed by atoms with Crippen molar-refractivity contribution in [1.82, 2.24) is 10.2 Å². The summed E-state index contributed by atoms with van der Waals surface area (Å²) in [6.45, 7) is 0.185. The fraction of sp³-hybridized carbons (Fsp3) is 0.217. The number of hydrogen-bond acceptors (Lipinski definition) is 6. The predicted octanol–water partition coefficient (Wildman–Crippen LogP) is 2.42. The summed E-state index contributed by atoms with van der Waals surface area (Å²) in [4.78, 5) is 39.9. The van der Waals surface area contributed by atoms with Crippen molar-refractivity contribution >= 4 is 35.3 Å². The van der Waals surface area contributed by atoms with Gasteiger partial charge in [0.1, 0.15) is 18.1 Å². The van der Waals surface area contributed by atoms with Crippen molar-refractivity contribution in [3.8, 4) is 11.5 Å². The molecule has 0 radical (unpaired) electrons. The molecule has 8 nitrogen and oxygen atoms in total. The van der Waals surface area contributed by atoms with E-state index in [1.54, 1.807) is 23.6 Å². The van der Waals surface area contributed by atoms with Crippen molar-refractivity contribution in [2.24, 2.45) is 0 Å². The Morgan fingerprint density at radius 1 is 1.12 bits per heavy atom. The second-order valence-corrected chi connectivity index (χ2v) is 8.64. The van der Waals surface area contributed by atoms with Crippen LogP contribution in [-0.4, -0.2) is 51.6 Å². The summed E-state index contributed by atoms with van der Waals surface area (Å²) >= 11 is 1.29. The van der Waals surface area contributed by atoms with E-state index in [-0.39, 0.29) is 38.2 Å². The third-order valence-corrected chi connectivity index (χ3v) is 6.48. The average molecular weight is 468 g/mol. The number of benzene rings is 2. The van der Waals surface area contributed by atoms with E-state index in [2.05, 4.69) is 5.32 Å². The highest BCUT2D eigenvalue weighted by Gasteiger charge is 2.49. The van der Waals surface area contributed by atoms with E-state index >= 15 is 0 Å². The molecule has 2 aromatic carbocycles. The van der Waals surface area contributed by atoms with Crippen LogP contribution in [0.3, 0.4) is 0 Å². The smallest absolute Gasteiger partial charge is 0.454 e. The van der Waals surface area contributed by atoms with E-state index in [0.717, 1.165) is 10.5 Å². The Labute approximate surface area is 192 Å². The van der Waals surface area contributed by atoms with Gasteiger partial charge in [-0.3, -0.25) is 4.79 Å². The van der Waals surface area contributed by atoms with Crippen LogP contribution in [0.15, 0.2) is 53.9 Å². The van der Waals surface area contributed by atoms with E-state index in [9.17, 15) is 18.8 Å². The molecule has 0 aromatic heterocycles. The maximum absolute atomic E-state index is 13.2. The number of amides is 4. The normalized spacial score (nSPS) is 18.7. The minimum atomic E-state index is -0.593. The van der Waals surface area contributed by atoms with Crippen LogP contribution in [0.1, 0.15) is 11.1 Å². The molecule has 4 amide bonds. The van der Waals surface area contributed by atoms with Crippen LogP contribution in [0.2, 0.25) is 0 Å². The topological polar surface area (TPSA) is 88.0 Å². The van der Waals surface area contributed by atoms with Crippen molar-refractivity contribution in [3.05, 3.63) is 70.9 Å². The summed E-state index contributed by atoms with van der Waals surface area (Å²) in [6.07, 6.45) is 1.69. The van der Waals surface area contributed by atoms with Crippen LogP contribution >= 0.6 is 11.8 Å². The molecule has 33 heavy (non-hydrogen) atoms. The second-order valence-electron chi connectivity index (χ2n) is 7.63. The van der Waals surface area contributed by atoms with Gasteiger partial charge in [-0.2, -0.15) is 14.3 Å². The van der Waals surface area contributed by atoms with Gasteiger partial charge in [0, 0.05) is 6.54 Å². The lowest BCUT2D eigenvalue weighted by molar-refractivity contribution is -0.427. The van der Waals surface area contributed by atoms with Gasteiger partial charge in [-0.25, -0.2) is 9.18 Å². The van der Waals surface area contributed by atoms with Gasteiger partial charge in [0.2, 0.25) is 6.79 Å². The van der Waals surface area contributed by atoms with E-state index in [1.165, 1.54) is 40.6 Å². The van der Waals surface area contributed by atoms with Crippen LogP contribution in [0, 0.1) is 5.82 Å². The first kappa shape index (κ1) is 21.2. The van der Waals surface area contributed by atoms with Crippen molar-refractivity contribution < 1.29 is 32.8 Å². The summed E-state index contributed by atoms with van der Waals surface area (Å²) in [5, 5.41) is 3.95. The van der Waals surface area contributed by atoms with Gasteiger partial charge in [0.05, 0.1) is 0 Å². The molecule has 2 aromatic rings. The lowest BCUT2D eigenvalue weighted by Gasteiger charge is -2.24. The molecule has 10 heteroatoms. The molecule has 0 bridgehead atoms. The van der Waals surface area contributed by atoms with E-state index in [1.807, 2.05) is 6.07 Å². The molecule has 0 spiro atoms. The molecule has 1 atom stereocenters. The average Bonchev–Trinajstić information content (AvgIpc) is 3.49. The number of urea groups is 1. The maximum atomic E-state index is 13.2. The zero-order valence-corrected chi connectivity index (χ0v) is 18.1. The number of hydrogen-bond donors (Lipinski definition) is 1. The molecule has 0 fully saturated rings. The minimum absolute atomic E-state index is 0.00238. The number of thioether (sulfide) groups is 1. The van der Waals surface area contributed by atoms with Gasteiger partial charge in [0.15, 0.2) is 23.3 Å². The standard InChI is InChI=1S/C23H18FN3O5S/c24-16-4-1-14(2-5-16)11-27-22(29)21-17(7-8-33-21)26(23(27)30)12-20(28)25-10-15-3-6-18-19(9-15)32-13-31-18/h1-9,21H,10-13H2/p+1. The molecule has 3 aliphatic heterocycles. The fourth-order valence-electron chi connectivity index (χ4n) is 3.78. The summed E-state index contributed by atoms with van der Waals surface area (Å²) < 4.78 is 25.2. The Morgan fingerprint density at radius 3 is 2.70 bits per heavy atom. The van der Waals surface area contributed by atoms with Crippen LogP contribution in [-0.2, 0) is 22.7 Å². The maximum Gasteiger partial charge on any atom is 0.501 e. The molecular formula is C23H19FN3O5S+. The molecule has 0 saturated carbocycles. The van der Waals surface area contributed by atoms with Crippen molar-refractivity contribution in [2.45, 2.75) is 18.3 Å². The van der Waals surface area contributed by atoms with Crippen molar-refractivity contribution in [2.75, 3.05) is 13.3 Å². The Hall–Kier alpha value is -3.66. The zero-order chi connectivity index (χ0) is 22.9. The number of rotatable bonds is 6. The predicted molar refractivity (Wildman–Crippen MR) is 117 cm³/mol. The molecule has 168 valence electrons. The highest BCUT2D eigenvalue weighted by Crippen LogP contribution is 2.32. The third-order valence-electron chi connectivity index (χ3n) is 5.47. The zero-order valence-electron chi connectivity index (χ0n) is 17.3. The number of ether oxygens (including phenoxy) is 2. The number of carbonyl (C=O) groups is 3. The van der Waals surface area contributed by atoms with Crippen molar-refractivity contribution in [3.63, 3.8) is 0 Å². The first-order valence-electron chi connectivity index (χ1n) is 10.2. The van der Waals surface area contributed by atoms with Gasteiger partial charge >= 0.3 is 11.9 Å². The quantitative estimate of drug-likeness (QED) is 0.656. The Morgan fingerprint density at radius 2 is 1.88 bits per heavy atom. The van der Waals surface area contributed by atoms with Crippen LogP contribution in [0.5, 0.6) is 11.5 Å². The van der Waals surface area contributed by atoms with Crippen molar-refractivity contribution in [1.29, 1.82) is 0 Å². The molecule has 0 saturated heterocycles. The summed E-state index contributed by atoms with van der Waals surface area (Å²) in [7, 11) is 0. The molecule has 5 rings (SSSR count).